The van der Waals surface area contributed by atoms with Crippen molar-refractivity contribution >= 4 is 28.6 Å². The molecule has 3 nitrogen and oxygen atoms in total. The van der Waals surface area contributed by atoms with Crippen molar-refractivity contribution in [1.82, 2.24) is 4.57 Å². The molecule has 0 atom stereocenters. The fourth-order valence-electron chi connectivity index (χ4n) is 3.09. The van der Waals surface area contributed by atoms with Crippen LogP contribution in [0.3, 0.4) is 0 Å². The monoisotopic (exact) mass is 406 g/mol. The molecule has 0 amide bonds. The van der Waals surface area contributed by atoms with E-state index in [0.29, 0.717) is 11.6 Å². The Morgan fingerprint density at radius 3 is 2.29 bits per heavy atom. The van der Waals surface area contributed by atoms with E-state index in [1.807, 2.05) is 47.0 Å². The second-order valence-electron chi connectivity index (χ2n) is 6.31. The van der Waals surface area contributed by atoms with Crippen LogP contribution in [-0.2, 0) is 6.54 Å². The molecule has 0 aliphatic heterocycles. The van der Waals surface area contributed by atoms with Crippen molar-refractivity contribution in [2.45, 2.75) is 6.54 Å². The number of aliphatic hydroxyl groups is 1. The lowest BCUT2D eigenvalue weighted by Gasteiger charge is -2.09. The molecule has 1 heterocycles. The Kier molecular flexibility index (Phi) is 5.72. The van der Waals surface area contributed by atoms with E-state index in [-0.39, 0.29) is 6.61 Å². The van der Waals surface area contributed by atoms with E-state index >= 15 is 0 Å². The SMILES string of the molecule is OCCn1c(-c2ccc(-c3ccccc3)cc2)csc1=Nc1cccc(Cl)c1. The minimum atomic E-state index is 0.0502. The van der Waals surface area contributed by atoms with Crippen LogP contribution in [0.2, 0.25) is 5.02 Å². The standard InChI is InChI=1S/C23H19ClN2OS/c24-20-7-4-8-21(15-20)25-23-26(13-14-27)22(16-28-23)19-11-9-18(10-12-19)17-5-2-1-3-6-17/h1-12,15-16,27H,13-14H2. The lowest BCUT2D eigenvalue weighted by Crippen LogP contribution is -2.17. The van der Waals surface area contributed by atoms with Crippen molar-refractivity contribution in [3.8, 4) is 22.4 Å². The van der Waals surface area contributed by atoms with Crippen LogP contribution < -0.4 is 4.80 Å². The van der Waals surface area contributed by atoms with Crippen LogP contribution in [0.4, 0.5) is 5.69 Å². The topological polar surface area (TPSA) is 37.5 Å². The number of hydrogen-bond acceptors (Lipinski definition) is 3. The number of hydrogen-bond donors (Lipinski definition) is 1. The molecule has 0 aliphatic rings. The minimum absolute atomic E-state index is 0.0502. The Balaban J connectivity index is 1.73. The predicted octanol–water partition coefficient (Wildman–Crippen LogP) is 5.76. The van der Waals surface area contributed by atoms with Crippen molar-refractivity contribution in [3.05, 3.63) is 94.1 Å². The smallest absolute Gasteiger partial charge is 0.190 e. The van der Waals surface area contributed by atoms with Gasteiger partial charge in [-0.1, -0.05) is 72.3 Å². The largest absolute Gasteiger partial charge is 0.395 e. The predicted molar refractivity (Wildman–Crippen MR) is 117 cm³/mol. The summed E-state index contributed by atoms with van der Waals surface area (Å²) in [5.74, 6) is 0. The summed E-state index contributed by atoms with van der Waals surface area (Å²) in [6.07, 6.45) is 0. The first-order valence-electron chi connectivity index (χ1n) is 9.00. The Hall–Kier alpha value is -2.66. The molecular weight excluding hydrogens is 388 g/mol. The van der Waals surface area contributed by atoms with Crippen LogP contribution in [0.1, 0.15) is 0 Å². The fraction of sp³-hybridized carbons (Fsp3) is 0.0870. The summed E-state index contributed by atoms with van der Waals surface area (Å²) in [6.45, 7) is 0.535. The normalized spacial score (nSPS) is 11.7. The van der Waals surface area contributed by atoms with E-state index in [2.05, 4.69) is 41.8 Å². The van der Waals surface area contributed by atoms with Crippen LogP contribution in [0.25, 0.3) is 22.4 Å². The second-order valence-corrected chi connectivity index (χ2v) is 7.59. The van der Waals surface area contributed by atoms with Crippen LogP contribution in [-0.4, -0.2) is 16.3 Å². The molecule has 140 valence electrons. The summed E-state index contributed by atoms with van der Waals surface area (Å²) < 4.78 is 2.04. The molecule has 0 spiro atoms. The molecule has 1 aromatic heterocycles. The zero-order valence-electron chi connectivity index (χ0n) is 15.1. The molecule has 0 unspecified atom stereocenters. The van der Waals surface area contributed by atoms with Crippen LogP contribution in [0, 0.1) is 0 Å². The van der Waals surface area contributed by atoms with Gasteiger partial charge in [0.15, 0.2) is 4.80 Å². The number of rotatable bonds is 5. The van der Waals surface area contributed by atoms with Crippen molar-refractivity contribution in [1.29, 1.82) is 0 Å². The average molecular weight is 407 g/mol. The van der Waals surface area contributed by atoms with Gasteiger partial charge in [0, 0.05) is 16.9 Å². The van der Waals surface area contributed by atoms with Crippen molar-refractivity contribution in [3.63, 3.8) is 0 Å². The van der Waals surface area contributed by atoms with Gasteiger partial charge in [0.1, 0.15) is 0 Å². The Bertz CT molecular complexity index is 1130. The number of aromatic nitrogens is 1. The lowest BCUT2D eigenvalue weighted by atomic mass is 10.0. The third kappa shape index (κ3) is 4.09. The van der Waals surface area contributed by atoms with Crippen LogP contribution in [0.5, 0.6) is 0 Å². The molecular formula is C23H19ClN2OS. The van der Waals surface area contributed by atoms with E-state index in [9.17, 15) is 5.11 Å². The van der Waals surface area contributed by atoms with Crippen LogP contribution in [0.15, 0.2) is 89.2 Å². The fourth-order valence-corrected chi connectivity index (χ4v) is 4.23. The maximum atomic E-state index is 9.56. The van der Waals surface area contributed by atoms with Gasteiger partial charge in [-0.3, -0.25) is 0 Å². The number of benzene rings is 3. The van der Waals surface area contributed by atoms with Crippen molar-refractivity contribution < 1.29 is 5.11 Å². The first-order valence-corrected chi connectivity index (χ1v) is 10.3. The molecule has 0 radical (unpaired) electrons. The minimum Gasteiger partial charge on any atom is -0.395 e. The number of nitrogens with zero attached hydrogens (tertiary/aromatic N) is 2. The van der Waals surface area contributed by atoms with E-state index in [1.165, 1.54) is 11.1 Å². The Labute approximate surface area is 172 Å². The van der Waals surface area contributed by atoms with E-state index in [0.717, 1.165) is 21.7 Å². The van der Waals surface area contributed by atoms with E-state index in [4.69, 9.17) is 16.6 Å². The molecule has 0 bridgehead atoms. The average Bonchev–Trinajstić information content (AvgIpc) is 3.11. The third-order valence-electron chi connectivity index (χ3n) is 4.44. The Morgan fingerprint density at radius 2 is 1.57 bits per heavy atom. The van der Waals surface area contributed by atoms with Crippen molar-refractivity contribution in [2.75, 3.05) is 6.61 Å². The molecule has 0 saturated carbocycles. The molecule has 4 rings (SSSR count). The Morgan fingerprint density at radius 1 is 0.857 bits per heavy atom. The highest BCUT2D eigenvalue weighted by Gasteiger charge is 2.08. The molecule has 5 heteroatoms. The van der Waals surface area contributed by atoms with E-state index in [1.54, 1.807) is 11.3 Å². The third-order valence-corrected chi connectivity index (χ3v) is 5.54. The highest BCUT2D eigenvalue weighted by Crippen LogP contribution is 2.26. The highest BCUT2D eigenvalue weighted by molar-refractivity contribution is 7.07. The molecule has 4 aromatic rings. The van der Waals surface area contributed by atoms with Gasteiger partial charge in [0.25, 0.3) is 0 Å². The zero-order chi connectivity index (χ0) is 19.3. The molecule has 0 saturated heterocycles. The highest BCUT2D eigenvalue weighted by atomic mass is 35.5. The van der Waals surface area contributed by atoms with Gasteiger partial charge in [0.2, 0.25) is 0 Å². The van der Waals surface area contributed by atoms with Gasteiger partial charge in [-0.25, -0.2) is 4.99 Å². The maximum Gasteiger partial charge on any atom is 0.190 e. The molecule has 1 N–H and O–H groups in total. The number of aliphatic hydroxyl groups excluding tert-OH is 1. The first-order chi connectivity index (χ1) is 13.7. The molecule has 28 heavy (non-hydrogen) atoms. The van der Waals surface area contributed by atoms with Crippen molar-refractivity contribution in [2.24, 2.45) is 4.99 Å². The summed E-state index contributed by atoms with van der Waals surface area (Å²) in [5.41, 5.74) is 5.31. The summed E-state index contributed by atoms with van der Waals surface area (Å²) in [4.78, 5) is 5.55. The summed E-state index contributed by atoms with van der Waals surface area (Å²) in [6, 6.07) is 26.3. The lowest BCUT2D eigenvalue weighted by molar-refractivity contribution is 0.275. The summed E-state index contributed by atoms with van der Waals surface area (Å²) in [5, 5.41) is 12.3. The second kappa shape index (κ2) is 8.57. The number of thiazole rings is 1. The summed E-state index contributed by atoms with van der Waals surface area (Å²) >= 11 is 7.63. The quantitative estimate of drug-likeness (QED) is 0.449. The molecule has 0 aliphatic carbocycles. The molecule has 0 fully saturated rings. The summed E-state index contributed by atoms with van der Waals surface area (Å²) in [7, 11) is 0. The van der Waals surface area contributed by atoms with Gasteiger partial charge in [-0.05, 0) is 34.9 Å². The zero-order valence-corrected chi connectivity index (χ0v) is 16.7. The van der Waals surface area contributed by atoms with E-state index < -0.39 is 0 Å². The van der Waals surface area contributed by atoms with Gasteiger partial charge < -0.3 is 9.67 Å². The van der Waals surface area contributed by atoms with Gasteiger partial charge >= 0.3 is 0 Å². The number of halogens is 1. The van der Waals surface area contributed by atoms with Gasteiger partial charge in [-0.2, -0.15) is 0 Å². The first kappa shape index (κ1) is 18.7. The van der Waals surface area contributed by atoms with Crippen LogP contribution >= 0.6 is 22.9 Å². The van der Waals surface area contributed by atoms with Gasteiger partial charge in [0.05, 0.1) is 18.0 Å². The van der Waals surface area contributed by atoms with Gasteiger partial charge in [-0.15, -0.1) is 11.3 Å². The molecule has 3 aromatic carbocycles. The maximum absolute atomic E-state index is 9.56.